The summed E-state index contributed by atoms with van der Waals surface area (Å²) in [6, 6.07) is 3.64. The minimum atomic E-state index is -0.272. The van der Waals surface area contributed by atoms with Gasteiger partial charge in [-0.3, -0.25) is 24.4 Å². The van der Waals surface area contributed by atoms with Crippen molar-refractivity contribution in [1.29, 1.82) is 0 Å². The molecule has 13 heteroatoms. The van der Waals surface area contributed by atoms with Crippen LogP contribution in [0.25, 0.3) is 0 Å². The van der Waals surface area contributed by atoms with E-state index in [4.69, 9.17) is 4.74 Å². The van der Waals surface area contributed by atoms with Crippen molar-refractivity contribution in [2.24, 2.45) is 0 Å². The number of nitrogens with zero attached hydrogens (tertiary/aromatic N) is 6. The van der Waals surface area contributed by atoms with Gasteiger partial charge in [-0.1, -0.05) is 36.6 Å². The minimum Gasteiger partial charge on any atom is -0.496 e. The molecule has 1 N–H and O–H groups in total. The van der Waals surface area contributed by atoms with Crippen LogP contribution in [0.1, 0.15) is 39.6 Å². The number of carbonyl (C=O) groups is 3. The Bertz CT molecular complexity index is 1450. The molecule has 1 aliphatic heterocycles. The summed E-state index contributed by atoms with van der Waals surface area (Å²) in [5, 5.41) is 7.59. The zero-order valence-corrected chi connectivity index (χ0v) is 26.3. The second-order valence-corrected chi connectivity index (χ2v) is 12.6. The van der Waals surface area contributed by atoms with Gasteiger partial charge in [0.1, 0.15) is 5.75 Å². The van der Waals surface area contributed by atoms with Crippen LogP contribution in [0.2, 0.25) is 0 Å². The maximum absolute atomic E-state index is 13.7. The first-order valence-corrected chi connectivity index (χ1v) is 15.3. The summed E-state index contributed by atoms with van der Waals surface area (Å²) in [5.74, 6) is -0.0225. The zero-order valence-electron chi connectivity index (χ0n) is 24.6. The second kappa shape index (κ2) is 14.0. The lowest BCUT2D eigenvalue weighted by molar-refractivity contribution is -0.130. The van der Waals surface area contributed by atoms with Gasteiger partial charge in [0, 0.05) is 43.3 Å². The summed E-state index contributed by atoms with van der Waals surface area (Å²) in [6.45, 7) is 10.4. The highest BCUT2D eigenvalue weighted by Gasteiger charge is 2.32. The van der Waals surface area contributed by atoms with E-state index in [0.717, 1.165) is 27.6 Å². The quantitative estimate of drug-likeness (QED) is 0.325. The van der Waals surface area contributed by atoms with E-state index in [1.807, 2.05) is 40.1 Å². The van der Waals surface area contributed by atoms with Crippen molar-refractivity contribution in [1.82, 2.24) is 29.5 Å². The fraction of sp³-hybridized carbons (Fsp3) is 0.414. The smallest absolute Gasteiger partial charge is 0.260 e. The molecule has 0 spiro atoms. The van der Waals surface area contributed by atoms with E-state index >= 15 is 0 Å². The van der Waals surface area contributed by atoms with Gasteiger partial charge >= 0.3 is 0 Å². The first-order chi connectivity index (χ1) is 20.1. The molecule has 1 aliphatic rings. The first kappa shape index (κ1) is 31.3. The van der Waals surface area contributed by atoms with Gasteiger partial charge in [0.15, 0.2) is 5.13 Å². The molecule has 0 radical (unpaired) electrons. The number of aryl methyl sites for hydroxylation is 1. The normalized spacial score (nSPS) is 15.1. The lowest BCUT2D eigenvalue weighted by Gasteiger charge is -2.41. The number of benzene rings is 1. The summed E-state index contributed by atoms with van der Waals surface area (Å²) >= 11 is 2.83. The number of aromatic nitrogens is 3. The fourth-order valence-corrected chi connectivity index (χ4v) is 6.56. The van der Waals surface area contributed by atoms with Crippen LogP contribution in [-0.4, -0.2) is 101 Å². The Balaban J connectivity index is 1.45. The van der Waals surface area contributed by atoms with E-state index in [0.29, 0.717) is 48.2 Å². The number of carbonyl (C=O) groups excluding carboxylic acids is 3. The molecule has 224 valence electrons. The highest BCUT2D eigenvalue weighted by molar-refractivity contribution is 8.01. The van der Waals surface area contributed by atoms with Crippen molar-refractivity contribution in [3.05, 3.63) is 60.1 Å². The zero-order chi connectivity index (χ0) is 30.4. The maximum atomic E-state index is 13.7. The van der Waals surface area contributed by atoms with Crippen LogP contribution >= 0.6 is 23.1 Å². The Morgan fingerprint density at radius 3 is 2.74 bits per heavy atom. The number of thiazole rings is 1. The van der Waals surface area contributed by atoms with Crippen molar-refractivity contribution >= 4 is 46.0 Å². The van der Waals surface area contributed by atoms with E-state index < -0.39 is 0 Å². The van der Waals surface area contributed by atoms with Crippen LogP contribution < -0.4 is 10.1 Å². The molecule has 0 saturated carbocycles. The number of nitrogens with one attached hydrogen (secondary N) is 1. The number of amides is 3. The molecular formula is C29H37N7O4S2. The minimum absolute atomic E-state index is 0.0725. The van der Waals surface area contributed by atoms with Crippen molar-refractivity contribution in [3.8, 4) is 5.75 Å². The van der Waals surface area contributed by atoms with Crippen LogP contribution in [0, 0.1) is 6.92 Å². The number of anilines is 1. The Kier molecular flexibility index (Phi) is 10.4. The van der Waals surface area contributed by atoms with Crippen molar-refractivity contribution in [3.63, 3.8) is 0 Å². The highest BCUT2D eigenvalue weighted by Crippen LogP contribution is 2.38. The SMILES string of the molecule is C=CC(=O)N1CCN(C(=O)c2cc(Sc3cnc(NC(=O)c4cnn(CCN(C)C)c4)s3)c(C)cc2OC)C[C@H]1CC. The Labute approximate surface area is 254 Å². The summed E-state index contributed by atoms with van der Waals surface area (Å²) in [4.78, 5) is 49.6. The molecule has 3 amide bonds. The van der Waals surface area contributed by atoms with Gasteiger partial charge in [-0.2, -0.15) is 5.10 Å². The van der Waals surface area contributed by atoms with Crippen molar-refractivity contribution in [2.75, 3.05) is 52.7 Å². The van der Waals surface area contributed by atoms with Crippen LogP contribution in [0.15, 0.2) is 52.5 Å². The third kappa shape index (κ3) is 7.39. The molecule has 1 fully saturated rings. The number of methoxy groups -OCH3 is 1. The molecule has 0 bridgehead atoms. The number of hydrogen-bond donors (Lipinski definition) is 1. The third-order valence-corrected chi connectivity index (χ3v) is 9.19. The van der Waals surface area contributed by atoms with Gasteiger partial charge < -0.3 is 19.4 Å². The average Bonchev–Trinajstić information content (AvgIpc) is 3.65. The number of ether oxygens (including phenoxy) is 1. The number of hydrogen-bond acceptors (Lipinski definition) is 9. The van der Waals surface area contributed by atoms with Gasteiger partial charge in [0.2, 0.25) is 5.91 Å². The van der Waals surface area contributed by atoms with E-state index in [1.165, 1.54) is 29.2 Å². The topological polar surface area (TPSA) is 113 Å². The summed E-state index contributed by atoms with van der Waals surface area (Å²) in [5.41, 5.74) is 1.88. The molecule has 1 atom stereocenters. The van der Waals surface area contributed by atoms with Gasteiger partial charge in [0.25, 0.3) is 11.8 Å². The van der Waals surface area contributed by atoms with E-state index in [9.17, 15) is 14.4 Å². The summed E-state index contributed by atoms with van der Waals surface area (Å²) in [6.07, 6.45) is 7.04. The monoisotopic (exact) mass is 611 g/mol. The Morgan fingerprint density at radius 1 is 1.26 bits per heavy atom. The average molecular weight is 612 g/mol. The standard InChI is InChI=1S/C29H37N7O4S2/c1-7-21-18-34(10-12-36(21)25(37)8-2)28(39)22-14-24(19(3)13-23(22)40-6)41-26-16-30-29(42-26)32-27(38)20-15-31-35(17-20)11-9-33(4)5/h8,13-17,21H,2,7,9-12,18H2,1,3-6H3,(H,30,32,38)/t21-/m1/s1. The Hall–Kier alpha value is -3.68. The highest BCUT2D eigenvalue weighted by atomic mass is 32.2. The van der Waals surface area contributed by atoms with Crippen molar-refractivity contribution in [2.45, 2.75) is 42.0 Å². The molecule has 3 aromatic rings. The summed E-state index contributed by atoms with van der Waals surface area (Å²) < 4.78 is 8.20. The van der Waals surface area contributed by atoms with Crippen LogP contribution in [-0.2, 0) is 11.3 Å². The molecule has 4 rings (SSSR count). The van der Waals surface area contributed by atoms with Crippen LogP contribution in [0.3, 0.4) is 0 Å². The van der Waals surface area contributed by atoms with Gasteiger partial charge in [-0.15, -0.1) is 0 Å². The molecule has 3 heterocycles. The summed E-state index contributed by atoms with van der Waals surface area (Å²) in [7, 11) is 5.53. The van der Waals surface area contributed by atoms with E-state index in [2.05, 4.69) is 26.9 Å². The lowest BCUT2D eigenvalue weighted by atomic mass is 10.1. The van der Waals surface area contributed by atoms with E-state index in [1.54, 1.807) is 40.2 Å². The van der Waals surface area contributed by atoms with Crippen LogP contribution in [0.5, 0.6) is 5.75 Å². The van der Waals surface area contributed by atoms with Crippen molar-refractivity contribution < 1.29 is 19.1 Å². The van der Waals surface area contributed by atoms with Gasteiger partial charge in [-0.05, 0) is 51.2 Å². The first-order valence-electron chi connectivity index (χ1n) is 13.7. The van der Waals surface area contributed by atoms with Gasteiger partial charge in [-0.25, -0.2) is 4.98 Å². The Morgan fingerprint density at radius 2 is 2.05 bits per heavy atom. The lowest BCUT2D eigenvalue weighted by Crippen LogP contribution is -2.56. The maximum Gasteiger partial charge on any atom is 0.260 e. The molecule has 11 nitrogen and oxygen atoms in total. The van der Waals surface area contributed by atoms with Gasteiger partial charge in [0.05, 0.1) is 41.4 Å². The number of piperazine rings is 1. The number of rotatable bonds is 11. The predicted octanol–water partition coefficient (Wildman–Crippen LogP) is 3.87. The molecular weight excluding hydrogens is 574 g/mol. The van der Waals surface area contributed by atoms with E-state index in [-0.39, 0.29) is 23.8 Å². The molecule has 1 saturated heterocycles. The number of likely N-dealkylation sites (N-methyl/N-ethyl adjacent to an activating group) is 1. The third-order valence-electron chi connectivity index (χ3n) is 7.01. The molecule has 0 aliphatic carbocycles. The fourth-order valence-electron chi connectivity index (χ4n) is 4.62. The largest absolute Gasteiger partial charge is 0.496 e. The molecule has 2 aromatic heterocycles. The van der Waals surface area contributed by atoms with Crippen LogP contribution in [0.4, 0.5) is 5.13 Å². The second-order valence-electron chi connectivity index (χ2n) is 10.2. The molecule has 0 unspecified atom stereocenters. The predicted molar refractivity (Wildman–Crippen MR) is 165 cm³/mol. The molecule has 42 heavy (non-hydrogen) atoms. The molecule has 1 aromatic carbocycles.